The highest BCUT2D eigenvalue weighted by molar-refractivity contribution is 4.47. The average molecular weight is 218 g/mol. The normalized spacial score (nSPS) is 9.60. The third-order valence-corrected chi connectivity index (χ3v) is 2.16. The molecule has 0 radical (unpaired) electrons. The van der Waals surface area contributed by atoms with Gasteiger partial charge in [0.2, 0.25) is 0 Å². The minimum atomic E-state index is 0.250. The van der Waals surface area contributed by atoms with E-state index in [1.807, 2.05) is 0 Å². The van der Waals surface area contributed by atoms with E-state index in [2.05, 4.69) is 0 Å². The smallest absolute Gasteiger partial charge is 0.0402 e. The van der Waals surface area contributed by atoms with E-state index in [4.69, 9.17) is 16.6 Å². The first-order valence-electron chi connectivity index (χ1n) is 6.34. The van der Waals surface area contributed by atoms with Crippen molar-refractivity contribution in [1.29, 1.82) is 0 Å². The van der Waals surface area contributed by atoms with Gasteiger partial charge in [-0.2, -0.15) is 0 Å². The first-order valence-corrected chi connectivity index (χ1v) is 6.34. The van der Waals surface area contributed by atoms with Crippen LogP contribution in [0.3, 0.4) is 0 Å². The first-order chi connectivity index (χ1) is 7.33. The predicted octanol–water partition coefficient (Wildman–Crippen LogP) is 2.02. The second-order valence-corrected chi connectivity index (χ2v) is 3.72. The van der Waals surface area contributed by atoms with Gasteiger partial charge in [0, 0.05) is 6.61 Å². The number of aliphatic hydroxyl groups is 1. The molecule has 0 aromatic rings. The zero-order valence-electron chi connectivity index (χ0n) is 10.4. The second kappa shape index (κ2) is 19.5. The highest BCUT2D eigenvalue weighted by atomic mass is 16.2. The van der Waals surface area contributed by atoms with Crippen molar-refractivity contribution in [3.63, 3.8) is 0 Å². The molecule has 0 saturated heterocycles. The minimum Gasteiger partial charge on any atom is -0.397 e. The molecule has 0 atom stereocenters. The van der Waals surface area contributed by atoms with Gasteiger partial charge in [0.15, 0.2) is 0 Å². The van der Waals surface area contributed by atoms with Crippen LogP contribution in [0.2, 0.25) is 0 Å². The molecule has 3 nitrogen and oxygen atoms in total. The lowest BCUT2D eigenvalue weighted by atomic mass is 10.1. The van der Waals surface area contributed by atoms with Gasteiger partial charge in [-0.3, -0.25) is 0 Å². The average Bonchev–Trinajstić information content (AvgIpc) is 2.23. The first kappa shape index (κ1) is 17.3. The fraction of sp³-hybridized carbons (Fsp3) is 1.00. The molecule has 5 N–H and O–H groups in total. The molecule has 0 spiro atoms. The Morgan fingerprint density at radius 3 is 1.07 bits per heavy atom. The summed E-state index contributed by atoms with van der Waals surface area (Å²) in [4.78, 5) is 0. The van der Waals surface area contributed by atoms with Gasteiger partial charge in [-0.15, -0.1) is 0 Å². The molecule has 0 aliphatic heterocycles. The van der Waals surface area contributed by atoms with Gasteiger partial charge in [-0.05, 0) is 32.9 Å². The van der Waals surface area contributed by atoms with E-state index in [0.717, 1.165) is 13.1 Å². The molecular weight excluding hydrogens is 188 g/mol. The van der Waals surface area contributed by atoms with E-state index in [1.165, 1.54) is 51.4 Å². The quantitative estimate of drug-likeness (QED) is 0.518. The molecule has 3 heteroatoms. The third-order valence-electron chi connectivity index (χ3n) is 2.16. The molecule has 0 aromatic carbocycles. The Kier molecular flexibility index (Phi) is 22.4. The highest BCUT2D eigenvalue weighted by Gasteiger charge is 1.90. The van der Waals surface area contributed by atoms with Crippen LogP contribution in [0.15, 0.2) is 0 Å². The largest absolute Gasteiger partial charge is 0.397 e. The van der Waals surface area contributed by atoms with Gasteiger partial charge in [0.05, 0.1) is 0 Å². The van der Waals surface area contributed by atoms with Crippen LogP contribution in [0.4, 0.5) is 0 Å². The van der Waals surface area contributed by atoms with Gasteiger partial charge in [-0.1, -0.05) is 38.5 Å². The van der Waals surface area contributed by atoms with Crippen LogP contribution in [-0.2, 0) is 0 Å². The molecule has 0 rings (SSSR count). The Balaban J connectivity index is 0. The molecule has 0 amide bonds. The number of rotatable bonds is 9. The standard InChI is InChI=1S/C10H24N2.C2H6O/c11-9-7-5-3-1-2-4-6-8-10-12;1-2-3/h1-12H2;3H,2H2,1H3. The molecule has 0 aliphatic carbocycles. The fourth-order valence-electron chi connectivity index (χ4n) is 1.35. The molecule has 0 aliphatic rings. The van der Waals surface area contributed by atoms with Crippen LogP contribution in [0.25, 0.3) is 0 Å². The Morgan fingerprint density at radius 1 is 0.667 bits per heavy atom. The Bertz CT molecular complexity index is 79.7. The van der Waals surface area contributed by atoms with E-state index >= 15 is 0 Å². The van der Waals surface area contributed by atoms with E-state index in [-0.39, 0.29) is 6.61 Å². The molecule has 0 aromatic heterocycles. The lowest BCUT2D eigenvalue weighted by Crippen LogP contribution is -1.98. The van der Waals surface area contributed by atoms with E-state index in [1.54, 1.807) is 6.92 Å². The summed E-state index contributed by atoms with van der Waals surface area (Å²) in [5.74, 6) is 0. The van der Waals surface area contributed by atoms with Crippen LogP contribution in [0.1, 0.15) is 58.3 Å². The van der Waals surface area contributed by atoms with E-state index < -0.39 is 0 Å². The molecular formula is C12H30N2O. The maximum absolute atomic E-state index is 7.57. The van der Waals surface area contributed by atoms with Crippen molar-refractivity contribution in [3.8, 4) is 0 Å². The summed E-state index contributed by atoms with van der Waals surface area (Å²) >= 11 is 0. The van der Waals surface area contributed by atoms with Crippen LogP contribution in [-0.4, -0.2) is 24.8 Å². The number of unbranched alkanes of at least 4 members (excludes halogenated alkanes) is 7. The lowest BCUT2D eigenvalue weighted by molar-refractivity contribution is 0.318. The maximum Gasteiger partial charge on any atom is 0.0402 e. The summed E-state index contributed by atoms with van der Waals surface area (Å²) in [5.41, 5.74) is 10.8. The van der Waals surface area contributed by atoms with E-state index in [0.29, 0.717) is 0 Å². The minimum absolute atomic E-state index is 0.250. The fourth-order valence-corrected chi connectivity index (χ4v) is 1.35. The molecule has 0 heterocycles. The van der Waals surface area contributed by atoms with Gasteiger partial charge in [0.25, 0.3) is 0 Å². The lowest BCUT2D eigenvalue weighted by Gasteiger charge is -2.00. The van der Waals surface area contributed by atoms with Crippen LogP contribution < -0.4 is 11.5 Å². The summed E-state index contributed by atoms with van der Waals surface area (Å²) in [6, 6.07) is 0. The molecule has 0 saturated carbocycles. The van der Waals surface area contributed by atoms with Crippen molar-refractivity contribution in [3.05, 3.63) is 0 Å². The predicted molar refractivity (Wildman–Crippen MR) is 67.8 cm³/mol. The van der Waals surface area contributed by atoms with Crippen LogP contribution in [0, 0.1) is 0 Å². The SMILES string of the molecule is CCO.NCCCCCCCCCCN. The summed E-state index contributed by atoms with van der Waals surface area (Å²) in [6.07, 6.45) is 10.5. The topological polar surface area (TPSA) is 72.3 Å². The molecule has 0 fully saturated rings. The zero-order chi connectivity index (χ0) is 11.8. The highest BCUT2D eigenvalue weighted by Crippen LogP contribution is 2.07. The Hall–Kier alpha value is -0.120. The number of aliphatic hydroxyl groups excluding tert-OH is 1. The Labute approximate surface area is 95.2 Å². The van der Waals surface area contributed by atoms with Crippen molar-refractivity contribution >= 4 is 0 Å². The third kappa shape index (κ3) is 24.8. The maximum atomic E-state index is 7.57. The second-order valence-electron chi connectivity index (χ2n) is 3.72. The van der Waals surface area contributed by atoms with Gasteiger partial charge in [-0.25, -0.2) is 0 Å². The molecule has 0 bridgehead atoms. The van der Waals surface area contributed by atoms with Crippen LogP contribution in [0.5, 0.6) is 0 Å². The van der Waals surface area contributed by atoms with Crippen molar-refractivity contribution in [2.24, 2.45) is 11.5 Å². The number of hydrogen-bond acceptors (Lipinski definition) is 3. The summed E-state index contributed by atoms with van der Waals surface area (Å²) in [7, 11) is 0. The molecule has 15 heavy (non-hydrogen) atoms. The van der Waals surface area contributed by atoms with Crippen molar-refractivity contribution in [1.82, 2.24) is 0 Å². The molecule has 94 valence electrons. The van der Waals surface area contributed by atoms with Gasteiger partial charge in [0.1, 0.15) is 0 Å². The van der Waals surface area contributed by atoms with Crippen LogP contribution >= 0.6 is 0 Å². The number of hydrogen-bond donors (Lipinski definition) is 3. The zero-order valence-corrected chi connectivity index (χ0v) is 10.4. The molecule has 0 unspecified atom stereocenters. The van der Waals surface area contributed by atoms with Crippen molar-refractivity contribution < 1.29 is 5.11 Å². The Morgan fingerprint density at radius 2 is 0.867 bits per heavy atom. The van der Waals surface area contributed by atoms with Crippen molar-refractivity contribution in [2.45, 2.75) is 58.3 Å². The monoisotopic (exact) mass is 218 g/mol. The van der Waals surface area contributed by atoms with Gasteiger partial charge >= 0.3 is 0 Å². The van der Waals surface area contributed by atoms with Crippen molar-refractivity contribution in [2.75, 3.05) is 19.7 Å². The summed E-state index contributed by atoms with van der Waals surface area (Å²) in [5, 5.41) is 7.57. The van der Waals surface area contributed by atoms with E-state index in [9.17, 15) is 0 Å². The summed E-state index contributed by atoms with van der Waals surface area (Å²) < 4.78 is 0. The number of nitrogens with two attached hydrogens (primary N) is 2. The summed E-state index contributed by atoms with van der Waals surface area (Å²) in [6.45, 7) is 3.64. The van der Waals surface area contributed by atoms with Gasteiger partial charge < -0.3 is 16.6 Å².